The zero-order chi connectivity index (χ0) is 15.2. The number of nitro benzene ring substituents is 1. The van der Waals surface area contributed by atoms with Crippen molar-refractivity contribution in [3.63, 3.8) is 0 Å². The van der Waals surface area contributed by atoms with Gasteiger partial charge in [0.15, 0.2) is 0 Å². The topological polar surface area (TPSA) is 84.3 Å². The van der Waals surface area contributed by atoms with Gasteiger partial charge in [0.05, 0.1) is 4.92 Å². The Morgan fingerprint density at radius 1 is 1.38 bits per heavy atom. The Hall–Kier alpha value is -2.41. The quantitative estimate of drug-likeness (QED) is 0.634. The second-order valence-electron chi connectivity index (χ2n) is 4.33. The Labute approximate surface area is 126 Å². The maximum absolute atomic E-state index is 12.2. The van der Waals surface area contributed by atoms with E-state index in [0.717, 1.165) is 5.56 Å². The van der Waals surface area contributed by atoms with Crippen LogP contribution in [0.2, 0.25) is 0 Å². The van der Waals surface area contributed by atoms with Crippen LogP contribution in [0.5, 0.6) is 0 Å². The van der Waals surface area contributed by atoms with Gasteiger partial charge in [0, 0.05) is 24.8 Å². The number of carbonyl (C=O) groups is 1. The first-order chi connectivity index (χ1) is 10.1. The first-order valence-corrected chi connectivity index (χ1v) is 7.37. The predicted octanol–water partition coefficient (Wildman–Crippen LogP) is 3.02. The highest BCUT2D eigenvalue weighted by atomic mass is 32.1. The fourth-order valence-electron chi connectivity index (χ4n) is 1.86. The normalized spacial score (nSPS) is 10.1. The van der Waals surface area contributed by atoms with Gasteiger partial charge < -0.3 is 10.6 Å². The molecule has 0 aliphatic heterocycles. The number of nitro groups is 1. The summed E-state index contributed by atoms with van der Waals surface area (Å²) < 4.78 is 0. The van der Waals surface area contributed by atoms with E-state index in [4.69, 9.17) is 0 Å². The summed E-state index contributed by atoms with van der Waals surface area (Å²) in [7, 11) is 0. The first kappa shape index (κ1) is 15.0. The summed E-state index contributed by atoms with van der Waals surface area (Å²) in [5.41, 5.74) is 1.52. The molecule has 2 rings (SSSR count). The van der Waals surface area contributed by atoms with Gasteiger partial charge in [0.25, 0.3) is 11.6 Å². The molecule has 2 N–H and O–H groups in total. The van der Waals surface area contributed by atoms with E-state index >= 15 is 0 Å². The van der Waals surface area contributed by atoms with Gasteiger partial charge in [-0.2, -0.15) is 11.3 Å². The monoisotopic (exact) mass is 305 g/mol. The first-order valence-electron chi connectivity index (χ1n) is 6.43. The molecule has 0 aliphatic rings. The Morgan fingerprint density at radius 3 is 2.81 bits per heavy atom. The average Bonchev–Trinajstić information content (AvgIpc) is 2.98. The summed E-state index contributed by atoms with van der Waals surface area (Å²) in [6.45, 7) is 2.94. The Bertz CT molecular complexity index is 641. The molecule has 110 valence electrons. The molecule has 1 amide bonds. The minimum absolute atomic E-state index is 0.0636. The van der Waals surface area contributed by atoms with Gasteiger partial charge in [-0.25, -0.2) is 0 Å². The Kier molecular flexibility index (Phi) is 4.89. The number of amides is 1. The molecule has 0 saturated carbocycles. The maximum atomic E-state index is 12.2. The molecule has 0 fully saturated rings. The number of hydrogen-bond donors (Lipinski definition) is 2. The molecular weight excluding hydrogens is 290 g/mol. The molecule has 6 nitrogen and oxygen atoms in total. The lowest BCUT2D eigenvalue weighted by Crippen LogP contribution is -2.23. The van der Waals surface area contributed by atoms with Crippen LogP contribution >= 0.6 is 11.3 Å². The zero-order valence-corrected chi connectivity index (χ0v) is 12.3. The summed E-state index contributed by atoms with van der Waals surface area (Å²) >= 11 is 1.53. The van der Waals surface area contributed by atoms with E-state index in [-0.39, 0.29) is 11.3 Å². The highest BCUT2D eigenvalue weighted by molar-refractivity contribution is 7.07. The van der Waals surface area contributed by atoms with Gasteiger partial charge in [-0.15, -0.1) is 0 Å². The average molecular weight is 305 g/mol. The van der Waals surface area contributed by atoms with E-state index in [1.165, 1.54) is 23.5 Å². The Balaban J connectivity index is 2.20. The van der Waals surface area contributed by atoms with Crippen LogP contribution in [-0.2, 0) is 6.54 Å². The van der Waals surface area contributed by atoms with E-state index in [1.54, 1.807) is 6.07 Å². The fraction of sp³-hybridized carbons (Fsp3) is 0.214. The molecule has 0 aliphatic carbocycles. The van der Waals surface area contributed by atoms with Crippen molar-refractivity contribution in [2.45, 2.75) is 13.5 Å². The number of nitrogens with one attached hydrogen (secondary N) is 2. The van der Waals surface area contributed by atoms with Crippen LogP contribution < -0.4 is 10.6 Å². The lowest BCUT2D eigenvalue weighted by molar-refractivity contribution is -0.385. The minimum atomic E-state index is -0.546. The second-order valence-corrected chi connectivity index (χ2v) is 5.11. The van der Waals surface area contributed by atoms with Gasteiger partial charge in [-0.1, -0.05) is 0 Å². The number of thiophene rings is 1. The molecule has 0 atom stereocenters. The van der Waals surface area contributed by atoms with Gasteiger partial charge in [0.1, 0.15) is 5.56 Å². The van der Waals surface area contributed by atoms with Crippen molar-refractivity contribution < 1.29 is 9.72 Å². The van der Waals surface area contributed by atoms with Crippen molar-refractivity contribution in [1.82, 2.24) is 5.32 Å². The number of hydrogen-bond acceptors (Lipinski definition) is 5. The van der Waals surface area contributed by atoms with Crippen molar-refractivity contribution >= 4 is 28.6 Å². The molecule has 21 heavy (non-hydrogen) atoms. The SMILES string of the molecule is CCNc1ccc([N+](=O)[O-])c(C(=O)NCc2ccsc2)c1. The number of anilines is 1. The number of nitrogens with zero attached hydrogens (tertiary/aromatic N) is 1. The van der Waals surface area contributed by atoms with E-state index in [9.17, 15) is 14.9 Å². The van der Waals surface area contributed by atoms with E-state index < -0.39 is 10.8 Å². The van der Waals surface area contributed by atoms with E-state index in [1.807, 2.05) is 23.8 Å². The smallest absolute Gasteiger partial charge is 0.282 e. The minimum Gasteiger partial charge on any atom is -0.385 e. The van der Waals surface area contributed by atoms with Crippen molar-refractivity contribution in [2.75, 3.05) is 11.9 Å². The van der Waals surface area contributed by atoms with Gasteiger partial charge in [-0.05, 0) is 41.4 Å². The van der Waals surface area contributed by atoms with Gasteiger partial charge >= 0.3 is 0 Å². The van der Waals surface area contributed by atoms with Crippen LogP contribution in [0.15, 0.2) is 35.0 Å². The van der Waals surface area contributed by atoms with Crippen LogP contribution in [0, 0.1) is 10.1 Å². The summed E-state index contributed by atoms with van der Waals surface area (Å²) in [4.78, 5) is 22.7. The summed E-state index contributed by atoms with van der Waals surface area (Å²) in [5.74, 6) is -0.451. The molecular formula is C14H15N3O3S. The van der Waals surface area contributed by atoms with Crippen molar-refractivity contribution in [3.05, 3.63) is 56.3 Å². The van der Waals surface area contributed by atoms with Crippen molar-refractivity contribution in [3.8, 4) is 0 Å². The predicted molar refractivity (Wildman–Crippen MR) is 82.7 cm³/mol. The third-order valence-corrected chi connectivity index (χ3v) is 3.58. The van der Waals surface area contributed by atoms with Crippen molar-refractivity contribution in [1.29, 1.82) is 0 Å². The number of carbonyl (C=O) groups excluding carboxylic acids is 1. The maximum Gasteiger partial charge on any atom is 0.282 e. The molecule has 7 heteroatoms. The molecule has 0 bridgehead atoms. The molecule has 1 heterocycles. The summed E-state index contributed by atoms with van der Waals surface area (Å²) in [6, 6.07) is 6.34. The number of benzene rings is 1. The summed E-state index contributed by atoms with van der Waals surface area (Å²) in [5, 5.41) is 20.6. The molecule has 0 radical (unpaired) electrons. The van der Waals surface area contributed by atoms with Gasteiger partial charge in [-0.3, -0.25) is 14.9 Å². The highest BCUT2D eigenvalue weighted by Crippen LogP contribution is 2.22. The van der Waals surface area contributed by atoms with Crippen LogP contribution in [0.4, 0.5) is 11.4 Å². The molecule has 0 saturated heterocycles. The molecule has 1 aromatic heterocycles. The van der Waals surface area contributed by atoms with Crippen molar-refractivity contribution in [2.24, 2.45) is 0 Å². The molecule has 0 spiro atoms. The molecule has 2 aromatic rings. The molecule has 0 unspecified atom stereocenters. The van der Waals surface area contributed by atoms with Crippen LogP contribution in [0.3, 0.4) is 0 Å². The standard InChI is InChI=1S/C14H15N3O3S/c1-2-15-11-3-4-13(17(19)20)12(7-11)14(18)16-8-10-5-6-21-9-10/h3-7,9,15H,2,8H2,1H3,(H,16,18). The highest BCUT2D eigenvalue weighted by Gasteiger charge is 2.20. The third kappa shape index (κ3) is 3.79. The van der Waals surface area contributed by atoms with Gasteiger partial charge in [0.2, 0.25) is 0 Å². The third-order valence-electron chi connectivity index (χ3n) is 2.85. The summed E-state index contributed by atoms with van der Waals surface area (Å²) in [6.07, 6.45) is 0. The largest absolute Gasteiger partial charge is 0.385 e. The van der Waals surface area contributed by atoms with Crippen LogP contribution in [-0.4, -0.2) is 17.4 Å². The van der Waals surface area contributed by atoms with E-state index in [2.05, 4.69) is 10.6 Å². The lowest BCUT2D eigenvalue weighted by atomic mass is 10.1. The van der Waals surface area contributed by atoms with Crippen LogP contribution in [0.25, 0.3) is 0 Å². The lowest BCUT2D eigenvalue weighted by Gasteiger charge is -2.08. The fourth-order valence-corrected chi connectivity index (χ4v) is 2.53. The zero-order valence-electron chi connectivity index (χ0n) is 11.5. The molecule has 1 aromatic carbocycles. The van der Waals surface area contributed by atoms with Crippen LogP contribution in [0.1, 0.15) is 22.8 Å². The second kappa shape index (κ2) is 6.85. The number of rotatable bonds is 6. The Morgan fingerprint density at radius 2 is 2.19 bits per heavy atom. The van der Waals surface area contributed by atoms with E-state index in [0.29, 0.717) is 18.8 Å².